The van der Waals surface area contributed by atoms with Crippen LogP contribution in [0.1, 0.15) is 24.4 Å². The van der Waals surface area contributed by atoms with Crippen molar-refractivity contribution in [2.75, 3.05) is 23.3 Å². The van der Waals surface area contributed by atoms with Gasteiger partial charge in [0.2, 0.25) is 5.91 Å². The SMILES string of the molecule is NC1C(=O)Nc2cc(N3CC4CCC(C3)O4)ccc21. The van der Waals surface area contributed by atoms with E-state index in [4.69, 9.17) is 10.5 Å². The molecule has 3 heterocycles. The number of carbonyl (C=O) groups is 1. The lowest BCUT2D eigenvalue weighted by molar-refractivity contribution is -0.116. The molecule has 0 spiro atoms. The van der Waals surface area contributed by atoms with Crippen LogP contribution in [0.5, 0.6) is 0 Å². The summed E-state index contributed by atoms with van der Waals surface area (Å²) in [5.41, 5.74) is 8.72. The van der Waals surface area contributed by atoms with Gasteiger partial charge in [0.1, 0.15) is 6.04 Å². The first-order valence-electron chi connectivity index (χ1n) is 6.81. The zero-order chi connectivity index (χ0) is 13.0. The number of carbonyl (C=O) groups excluding carboxylic acids is 1. The third kappa shape index (κ3) is 1.73. The quantitative estimate of drug-likeness (QED) is 0.789. The highest BCUT2D eigenvalue weighted by atomic mass is 16.5. The van der Waals surface area contributed by atoms with E-state index in [9.17, 15) is 4.79 Å². The second kappa shape index (κ2) is 3.95. The average molecular weight is 259 g/mol. The molecule has 3 unspecified atom stereocenters. The Morgan fingerprint density at radius 1 is 1.26 bits per heavy atom. The molecule has 3 atom stereocenters. The number of rotatable bonds is 1. The second-order valence-corrected chi connectivity index (χ2v) is 5.60. The lowest BCUT2D eigenvalue weighted by atomic mass is 10.1. The number of ether oxygens (including phenoxy) is 1. The van der Waals surface area contributed by atoms with Crippen molar-refractivity contribution in [3.05, 3.63) is 23.8 Å². The number of nitrogens with zero attached hydrogens (tertiary/aromatic N) is 1. The lowest BCUT2D eigenvalue weighted by Gasteiger charge is -2.34. The molecule has 0 saturated carbocycles. The van der Waals surface area contributed by atoms with Crippen LogP contribution in [0.4, 0.5) is 11.4 Å². The van der Waals surface area contributed by atoms with Crippen LogP contribution in [0.2, 0.25) is 0 Å². The monoisotopic (exact) mass is 259 g/mol. The predicted molar refractivity (Wildman–Crippen MR) is 72.1 cm³/mol. The number of hydrogen-bond donors (Lipinski definition) is 2. The molecule has 0 aromatic heterocycles. The minimum Gasteiger partial charge on any atom is -0.371 e. The molecule has 100 valence electrons. The molecule has 3 aliphatic heterocycles. The first-order valence-corrected chi connectivity index (χ1v) is 6.81. The maximum atomic E-state index is 11.6. The van der Waals surface area contributed by atoms with Crippen LogP contribution >= 0.6 is 0 Å². The van der Waals surface area contributed by atoms with E-state index in [1.54, 1.807) is 0 Å². The fraction of sp³-hybridized carbons (Fsp3) is 0.500. The van der Waals surface area contributed by atoms with Gasteiger partial charge in [-0.1, -0.05) is 6.07 Å². The van der Waals surface area contributed by atoms with Crippen LogP contribution in [-0.2, 0) is 9.53 Å². The van der Waals surface area contributed by atoms with E-state index in [1.165, 1.54) is 0 Å². The van der Waals surface area contributed by atoms with Crippen LogP contribution < -0.4 is 16.0 Å². The van der Waals surface area contributed by atoms with Crippen molar-refractivity contribution in [3.8, 4) is 0 Å². The Morgan fingerprint density at radius 2 is 2.00 bits per heavy atom. The van der Waals surface area contributed by atoms with Crippen molar-refractivity contribution in [2.24, 2.45) is 5.73 Å². The van der Waals surface area contributed by atoms with Crippen molar-refractivity contribution < 1.29 is 9.53 Å². The van der Waals surface area contributed by atoms with Crippen molar-refractivity contribution >= 4 is 17.3 Å². The summed E-state index contributed by atoms with van der Waals surface area (Å²) in [5, 5.41) is 2.84. The zero-order valence-electron chi connectivity index (χ0n) is 10.6. The summed E-state index contributed by atoms with van der Waals surface area (Å²) in [4.78, 5) is 13.9. The first-order chi connectivity index (χ1) is 9.20. The first kappa shape index (κ1) is 11.3. The molecule has 1 amide bonds. The number of morpholine rings is 1. The molecule has 2 bridgehead atoms. The van der Waals surface area contributed by atoms with E-state index in [1.807, 2.05) is 12.1 Å². The summed E-state index contributed by atoms with van der Waals surface area (Å²) in [6.07, 6.45) is 3.05. The van der Waals surface area contributed by atoms with E-state index in [2.05, 4.69) is 16.3 Å². The Morgan fingerprint density at radius 3 is 2.74 bits per heavy atom. The molecule has 0 radical (unpaired) electrons. The van der Waals surface area contributed by atoms with Gasteiger partial charge in [0.25, 0.3) is 0 Å². The summed E-state index contributed by atoms with van der Waals surface area (Å²) < 4.78 is 5.84. The van der Waals surface area contributed by atoms with Gasteiger partial charge >= 0.3 is 0 Å². The van der Waals surface area contributed by atoms with Crippen molar-refractivity contribution in [1.29, 1.82) is 0 Å². The number of hydrogen-bond acceptors (Lipinski definition) is 4. The zero-order valence-corrected chi connectivity index (χ0v) is 10.6. The van der Waals surface area contributed by atoms with Crippen molar-refractivity contribution in [3.63, 3.8) is 0 Å². The third-order valence-electron chi connectivity index (χ3n) is 4.32. The van der Waals surface area contributed by atoms with Gasteiger partial charge in [-0.05, 0) is 25.0 Å². The Kier molecular flexibility index (Phi) is 2.34. The van der Waals surface area contributed by atoms with E-state index in [0.717, 1.165) is 42.9 Å². The van der Waals surface area contributed by atoms with Gasteiger partial charge in [-0.2, -0.15) is 0 Å². The van der Waals surface area contributed by atoms with Crippen LogP contribution in [0.25, 0.3) is 0 Å². The molecule has 5 nitrogen and oxygen atoms in total. The number of nitrogens with one attached hydrogen (secondary N) is 1. The van der Waals surface area contributed by atoms with Crippen LogP contribution in [-0.4, -0.2) is 31.2 Å². The van der Waals surface area contributed by atoms with Crippen molar-refractivity contribution in [2.45, 2.75) is 31.1 Å². The molecule has 2 saturated heterocycles. The Hall–Kier alpha value is -1.59. The molecule has 3 N–H and O–H groups in total. The average Bonchev–Trinajstić information content (AvgIpc) is 2.90. The van der Waals surface area contributed by atoms with Gasteiger partial charge in [-0.3, -0.25) is 4.79 Å². The van der Waals surface area contributed by atoms with E-state index < -0.39 is 6.04 Å². The molecule has 0 aliphatic carbocycles. The Labute approximate surface area is 111 Å². The fourth-order valence-electron chi connectivity index (χ4n) is 3.30. The fourth-order valence-corrected chi connectivity index (χ4v) is 3.30. The minimum atomic E-state index is -0.523. The number of nitrogens with two attached hydrogens (primary N) is 1. The summed E-state index contributed by atoms with van der Waals surface area (Å²) in [7, 11) is 0. The molecular weight excluding hydrogens is 242 g/mol. The third-order valence-corrected chi connectivity index (χ3v) is 4.32. The molecule has 5 heteroatoms. The molecule has 3 aliphatic rings. The lowest BCUT2D eigenvalue weighted by Crippen LogP contribution is -2.42. The van der Waals surface area contributed by atoms with Crippen molar-refractivity contribution in [1.82, 2.24) is 0 Å². The highest BCUT2D eigenvalue weighted by Crippen LogP contribution is 2.35. The standard InChI is InChI=1S/C14H17N3O2/c15-13-11-4-1-8(5-12(11)16-14(13)18)17-6-9-2-3-10(7-17)19-9/h1,4-5,9-10,13H,2-3,6-7,15H2,(H,16,18). The Balaban J connectivity index is 1.63. The smallest absolute Gasteiger partial charge is 0.245 e. The molecular formula is C14H17N3O2. The largest absolute Gasteiger partial charge is 0.371 e. The maximum Gasteiger partial charge on any atom is 0.245 e. The second-order valence-electron chi connectivity index (χ2n) is 5.60. The number of fused-ring (bicyclic) bond motifs is 3. The summed E-state index contributed by atoms with van der Waals surface area (Å²) in [6, 6.07) is 5.53. The number of amides is 1. The molecule has 2 fully saturated rings. The van der Waals surface area contributed by atoms with Crippen LogP contribution in [0.3, 0.4) is 0 Å². The van der Waals surface area contributed by atoms with Gasteiger partial charge in [-0.25, -0.2) is 0 Å². The predicted octanol–water partition coefficient (Wildman–Crippen LogP) is 1.01. The normalized spacial score (nSPS) is 32.4. The molecule has 1 aromatic rings. The van der Waals surface area contributed by atoms with Crippen LogP contribution in [0, 0.1) is 0 Å². The van der Waals surface area contributed by atoms with E-state index in [-0.39, 0.29) is 5.91 Å². The molecule has 19 heavy (non-hydrogen) atoms. The summed E-state index contributed by atoms with van der Waals surface area (Å²) in [5.74, 6) is -0.116. The highest BCUT2D eigenvalue weighted by Gasteiger charge is 2.34. The van der Waals surface area contributed by atoms with E-state index >= 15 is 0 Å². The highest BCUT2D eigenvalue weighted by molar-refractivity contribution is 6.02. The number of anilines is 2. The van der Waals surface area contributed by atoms with Gasteiger partial charge < -0.3 is 20.7 Å². The topological polar surface area (TPSA) is 67.6 Å². The number of benzene rings is 1. The van der Waals surface area contributed by atoms with Gasteiger partial charge in [0, 0.05) is 30.0 Å². The van der Waals surface area contributed by atoms with Crippen LogP contribution in [0.15, 0.2) is 18.2 Å². The molecule has 4 rings (SSSR count). The van der Waals surface area contributed by atoms with E-state index in [0.29, 0.717) is 12.2 Å². The summed E-state index contributed by atoms with van der Waals surface area (Å²) >= 11 is 0. The van der Waals surface area contributed by atoms with Gasteiger partial charge in [0.15, 0.2) is 0 Å². The maximum absolute atomic E-state index is 11.6. The Bertz CT molecular complexity index is 533. The van der Waals surface area contributed by atoms with Gasteiger partial charge in [0.05, 0.1) is 12.2 Å². The molecule has 1 aromatic carbocycles. The summed E-state index contributed by atoms with van der Waals surface area (Å²) in [6.45, 7) is 1.88. The minimum absolute atomic E-state index is 0.116. The van der Waals surface area contributed by atoms with Gasteiger partial charge in [-0.15, -0.1) is 0 Å².